The van der Waals surface area contributed by atoms with E-state index in [0.717, 1.165) is 6.42 Å². The molecule has 1 aromatic carbocycles. The molecule has 4 heteroatoms. The van der Waals surface area contributed by atoms with Crippen LogP contribution in [0.25, 0.3) is 0 Å². The molecule has 1 rings (SSSR count). The third-order valence-corrected chi connectivity index (χ3v) is 3.30. The molecule has 0 amide bonds. The Morgan fingerprint density at radius 3 is 2.39 bits per heavy atom. The summed E-state index contributed by atoms with van der Waals surface area (Å²) >= 11 is 0. The van der Waals surface area contributed by atoms with E-state index in [1.165, 1.54) is 5.56 Å². The summed E-state index contributed by atoms with van der Waals surface area (Å²) in [4.78, 5) is 0. The number of methoxy groups -OCH3 is 1. The smallest absolute Gasteiger partial charge is 0.423 e. The van der Waals surface area contributed by atoms with Gasteiger partial charge in [0.1, 0.15) is 0 Å². The third kappa shape index (κ3) is 3.98. The lowest BCUT2D eigenvalue weighted by atomic mass is 9.69. The Labute approximate surface area is 109 Å². The summed E-state index contributed by atoms with van der Waals surface area (Å²) in [7, 11) is 0.236. The molecule has 0 radical (unpaired) electrons. The van der Waals surface area contributed by atoms with Gasteiger partial charge in [-0.2, -0.15) is 0 Å². The molecule has 0 saturated carbocycles. The molecule has 0 aromatic heterocycles. The van der Waals surface area contributed by atoms with Gasteiger partial charge in [-0.3, -0.25) is 0 Å². The van der Waals surface area contributed by atoms with Gasteiger partial charge >= 0.3 is 7.12 Å². The van der Waals surface area contributed by atoms with Gasteiger partial charge in [-0.25, -0.2) is 0 Å². The molecule has 0 unspecified atom stereocenters. The molecule has 0 spiro atoms. The lowest BCUT2D eigenvalue weighted by molar-refractivity contribution is 0.0718. The average molecular weight is 248 g/mol. The van der Waals surface area contributed by atoms with Crippen molar-refractivity contribution in [2.45, 2.75) is 26.4 Å². The van der Waals surface area contributed by atoms with E-state index in [2.05, 4.69) is 0 Å². The van der Waals surface area contributed by atoms with Crippen molar-refractivity contribution in [2.24, 2.45) is 5.92 Å². The zero-order valence-corrected chi connectivity index (χ0v) is 11.2. The number of ether oxygens (including phenoxy) is 1. The van der Waals surface area contributed by atoms with Gasteiger partial charge in [0.2, 0.25) is 0 Å². The van der Waals surface area contributed by atoms with Crippen LogP contribution < -0.4 is 0 Å². The maximum Gasteiger partial charge on any atom is 0.484 e. The number of hydrogen-bond acceptors (Lipinski definition) is 3. The van der Waals surface area contributed by atoms with Crippen molar-refractivity contribution in [2.75, 3.05) is 7.11 Å². The van der Waals surface area contributed by atoms with Crippen LogP contribution in [0.3, 0.4) is 0 Å². The van der Waals surface area contributed by atoms with Crippen LogP contribution in [0.2, 0.25) is 0 Å². The monoisotopic (exact) mass is 248 g/mol. The number of benzene rings is 1. The van der Waals surface area contributed by atoms with Crippen molar-refractivity contribution in [1.29, 1.82) is 0 Å². The van der Waals surface area contributed by atoms with Crippen LogP contribution in [0.15, 0.2) is 41.9 Å². The highest BCUT2D eigenvalue weighted by Crippen LogP contribution is 2.21. The summed E-state index contributed by atoms with van der Waals surface area (Å²) in [5, 5.41) is 18.6. The second-order valence-corrected chi connectivity index (χ2v) is 4.41. The van der Waals surface area contributed by atoms with Crippen molar-refractivity contribution in [3.8, 4) is 0 Å². The Morgan fingerprint density at radius 1 is 1.33 bits per heavy atom. The highest BCUT2D eigenvalue weighted by molar-refractivity contribution is 6.50. The maximum absolute atomic E-state index is 9.32. The summed E-state index contributed by atoms with van der Waals surface area (Å²) < 4.78 is 5.49. The van der Waals surface area contributed by atoms with Crippen LogP contribution in [0, 0.1) is 5.92 Å². The molecule has 2 atom stereocenters. The molecule has 0 aliphatic carbocycles. The number of rotatable bonds is 6. The first kappa shape index (κ1) is 15.0. The van der Waals surface area contributed by atoms with Crippen molar-refractivity contribution < 1.29 is 14.8 Å². The predicted molar refractivity (Wildman–Crippen MR) is 74.1 cm³/mol. The fourth-order valence-electron chi connectivity index (χ4n) is 2.17. The molecule has 0 fully saturated rings. The van der Waals surface area contributed by atoms with Gasteiger partial charge in [0.25, 0.3) is 0 Å². The van der Waals surface area contributed by atoms with Gasteiger partial charge in [-0.1, -0.05) is 43.3 Å². The first-order chi connectivity index (χ1) is 8.60. The van der Waals surface area contributed by atoms with E-state index >= 15 is 0 Å². The minimum atomic E-state index is -1.42. The first-order valence-electron chi connectivity index (χ1n) is 6.19. The van der Waals surface area contributed by atoms with Crippen molar-refractivity contribution in [3.05, 3.63) is 47.4 Å². The summed E-state index contributed by atoms with van der Waals surface area (Å²) in [6, 6.07) is 10.0. The quantitative estimate of drug-likeness (QED) is 0.755. The Kier molecular flexibility index (Phi) is 6.12. The molecule has 2 N–H and O–H groups in total. The Morgan fingerprint density at radius 2 is 1.94 bits per heavy atom. The molecule has 3 nitrogen and oxygen atoms in total. The van der Waals surface area contributed by atoms with Crippen molar-refractivity contribution in [3.63, 3.8) is 0 Å². The largest absolute Gasteiger partial charge is 0.484 e. The maximum atomic E-state index is 9.32. The molecular formula is C14H21BO3. The van der Waals surface area contributed by atoms with Crippen LogP contribution in [0.1, 0.15) is 19.4 Å². The van der Waals surface area contributed by atoms with Crippen LogP contribution in [-0.2, 0) is 11.2 Å². The van der Waals surface area contributed by atoms with E-state index in [4.69, 9.17) is 4.74 Å². The van der Waals surface area contributed by atoms with Crippen LogP contribution >= 0.6 is 0 Å². The van der Waals surface area contributed by atoms with Gasteiger partial charge in [-0.05, 0) is 24.4 Å². The van der Waals surface area contributed by atoms with Crippen molar-refractivity contribution in [1.82, 2.24) is 0 Å². The molecular weight excluding hydrogens is 227 g/mol. The third-order valence-electron chi connectivity index (χ3n) is 3.30. The van der Waals surface area contributed by atoms with E-state index < -0.39 is 7.12 Å². The Hall–Kier alpha value is -1.10. The highest BCUT2D eigenvalue weighted by Gasteiger charge is 2.27. The predicted octanol–water partition coefficient (Wildman–Crippen LogP) is 1.84. The lowest BCUT2D eigenvalue weighted by Crippen LogP contribution is -2.31. The normalized spacial score (nSPS) is 15.3. The molecule has 0 aliphatic rings. The van der Waals surface area contributed by atoms with Gasteiger partial charge in [-0.15, -0.1) is 0 Å². The number of allylic oxidation sites excluding steroid dienone is 1. The summed E-state index contributed by atoms with van der Waals surface area (Å²) in [5.41, 5.74) is 1.77. The summed E-state index contributed by atoms with van der Waals surface area (Å²) in [5.74, 6) is -0.0415. The second-order valence-electron chi connectivity index (χ2n) is 4.41. The molecule has 18 heavy (non-hydrogen) atoms. The molecule has 0 saturated heterocycles. The SMILES string of the molecule is C/C=C(/B(O)O)[C@H](C)[C@H](Cc1ccccc1)OC. The van der Waals surface area contributed by atoms with Crippen LogP contribution in [0.4, 0.5) is 0 Å². The first-order valence-corrected chi connectivity index (χ1v) is 6.19. The van der Waals surface area contributed by atoms with Crippen LogP contribution in [-0.4, -0.2) is 30.4 Å². The van der Waals surface area contributed by atoms with Crippen molar-refractivity contribution >= 4 is 7.12 Å². The van der Waals surface area contributed by atoms with E-state index in [9.17, 15) is 10.0 Å². The summed E-state index contributed by atoms with van der Waals surface area (Å²) in [6.45, 7) is 3.76. The van der Waals surface area contributed by atoms with Gasteiger partial charge in [0, 0.05) is 13.0 Å². The Balaban J connectivity index is 2.77. The molecule has 0 aliphatic heterocycles. The van der Waals surface area contributed by atoms with E-state index in [-0.39, 0.29) is 12.0 Å². The molecule has 1 aromatic rings. The van der Waals surface area contributed by atoms with E-state index in [0.29, 0.717) is 5.47 Å². The minimum Gasteiger partial charge on any atom is -0.423 e. The molecule has 0 bridgehead atoms. The topological polar surface area (TPSA) is 49.7 Å². The zero-order valence-electron chi connectivity index (χ0n) is 11.2. The van der Waals surface area contributed by atoms with Gasteiger partial charge in [0.15, 0.2) is 0 Å². The molecule has 98 valence electrons. The highest BCUT2D eigenvalue weighted by atomic mass is 16.5. The standard InChI is InChI=1S/C14H21BO3/c1-4-13(15(16)17)11(2)14(18-3)10-12-8-6-5-7-9-12/h4-9,11,14,16-17H,10H2,1-3H3/b13-4+/t11-,14-/m0/s1. The number of hydrogen-bond donors (Lipinski definition) is 2. The zero-order chi connectivity index (χ0) is 13.5. The van der Waals surface area contributed by atoms with E-state index in [1.807, 2.05) is 37.3 Å². The van der Waals surface area contributed by atoms with E-state index in [1.54, 1.807) is 20.1 Å². The van der Waals surface area contributed by atoms with Gasteiger partial charge < -0.3 is 14.8 Å². The second kappa shape index (κ2) is 7.36. The van der Waals surface area contributed by atoms with Crippen LogP contribution in [0.5, 0.6) is 0 Å². The molecule has 0 heterocycles. The van der Waals surface area contributed by atoms with Gasteiger partial charge in [0.05, 0.1) is 6.10 Å². The fourth-order valence-corrected chi connectivity index (χ4v) is 2.17. The fraction of sp³-hybridized carbons (Fsp3) is 0.429. The lowest BCUT2D eigenvalue weighted by Gasteiger charge is -2.25. The Bertz CT molecular complexity index is 376. The summed E-state index contributed by atoms with van der Waals surface area (Å²) in [6.07, 6.45) is 2.43. The average Bonchev–Trinajstić information content (AvgIpc) is 2.37. The minimum absolute atomic E-state index is 0.0415.